The summed E-state index contributed by atoms with van der Waals surface area (Å²) in [5.41, 5.74) is 0. The van der Waals surface area contributed by atoms with Gasteiger partial charge in [0.1, 0.15) is 11.0 Å². The van der Waals surface area contributed by atoms with E-state index in [2.05, 4.69) is 28.7 Å². The van der Waals surface area contributed by atoms with Crippen LogP contribution in [0.4, 0.5) is 5.82 Å². The van der Waals surface area contributed by atoms with E-state index in [9.17, 15) is 9.59 Å². The highest BCUT2D eigenvalue weighted by atomic mass is 35.5. The summed E-state index contributed by atoms with van der Waals surface area (Å²) in [7, 11) is 0. The van der Waals surface area contributed by atoms with Crippen molar-refractivity contribution in [3.05, 3.63) is 11.2 Å². The minimum absolute atomic E-state index is 0.107. The molecule has 2 amide bonds. The molecule has 2 fully saturated rings. The van der Waals surface area contributed by atoms with Crippen LogP contribution in [0, 0.1) is 5.92 Å². The second-order valence-electron chi connectivity index (χ2n) is 7.59. The average Bonchev–Trinajstić information content (AvgIpc) is 3.56. The molecule has 0 radical (unpaired) electrons. The fraction of sp³-hybridized carbons (Fsp3) is 0.700. The smallest absolute Gasteiger partial charge is 0.233 e. The van der Waals surface area contributed by atoms with E-state index in [1.807, 2.05) is 9.80 Å². The minimum Gasteiger partial charge on any atom is -0.353 e. The SMILES string of the molecule is CCCN(CCC)C(=O)CSc1nc(Cl)cc(N2CCN(C(=O)C3CC3)CC2)n1. The van der Waals surface area contributed by atoms with Gasteiger partial charge in [0.25, 0.3) is 0 Å². The van der Waals surface area contributed by atoms with E-state index in [4.69, 9.17) is 11.6 Å². The highest BCUT2D eigenvalue weighted by molar-refractivity contribution is 7.99. The van der Waals surface area contributed by atoms with Gasteiger partial charge in [-0.1, -0.05) is 37.2 Å². The molecule has 1 saturated carbocycles. The number of anilines is 1. The van der Waals surface area contributed by atoms with Crippen molar-refractivity contribution in [1.82, 2.24) is 19.8 Å². The van der Waals surface area contributed by atoms with Crippen molar-refractivity contribution in [2.45, 2.75) is 44.7 Å². The van der Waals surface area contributed by atoms with Crippen molar-refractivity contribution in [3.8, 4) is 0 Å². The lowest BCUT2D eigenvalue weighted by Crippen LogP contribution is -2.49. The van der Waals surface area contributed by atoms with Crippen molar-refractivity contribution >= 4 is 41.0 Å². The van der Waals surface area contributed by atoms with E-state index < -0.39 is 0 Å². The van der Waals surface area contributed by atoms with Crippen molar-refractivity contribution in [2.24, 2.45) is 5.92 Å². The molecule has 1 aromatic rings. The minimum atomic E-state index is 0.107. The first-order chi connectivity index (χ1) is 14.0. The number of piperazine rings is 1. The van der Waals surface area contributed by atoms with Crippen LogP contribution in [0.3, 0.4) is 0 Å². The summed E-state index contributed by atoms with van der Waals surface area (Å²) in [6.45, 7) is 8.59. The number of hydrogen-bond donors (Lipinski definition) is 0. The molecule has 2 aliphatic rings. The van der Waals surface area contributed by atoms with Crippen molar-refractivity contribution < 1.29 is 9.59 Å². The Morgan fingerprint density at radius 3 is 2.38 bits per heavy atom. The van der Waals surface area contributed by atoms with Crippen LogP contribution >= 0.6 is 23.4 Å². The fourth-order valence-electron chi connectivity index (χ4n) is 3.48. The Bertz CT molecular complexity index is 717. The molecule has 0 N–H and O–H groups in total. The highest BCUT2D eigenvalue weighted by Gasteiger charge is 2.34. The van der Waals surface area contributed by atoms with Crippen LogP contribution in [-0.4, -0.2) is 76.6 Å². The van der Waals surface area contributed by atoms with Crippen LogP contribution < -0.4 is 4.90 Å². The zero-order chi connectivity index (χ0) is 20.8. The molecule has 1 aliphatic carbocycles. The Balaban J connectivity index is 1.57. The Morgan fingerprint density at radius 2 is 1.79 bits per heavy atom. The van der Waals surface area contributed by atoms with Gasteiger partial charge in [0.05, 0.1) is 5.75 Å². The van der Waals surface area contributed by atoms with E-state index in [1.54, 1.807) is 6.07 Å². The molecule has 160 valence electrons. The number of halogens is 1. The first-order valence-electron chi connectivity index (χ1n) is 10.5. The third-order valence-electron chi connectivity index (χ3n) is 5.17. The first kappa shape index (κ1) is 22.2. The lowest BCUT2D eigenvalue weighted by atomic mass is 10.2. The monoisotopic (exact) mass is 439 g/mol. The maximum atomic E-state index is 12.5. The van der Waals surface area contributed by atoms with Gasteiger partial charge in [0.2, 0.25) is 11.8 Å². The predicted octanol–water partition coefficient (Wildman–Crippen LogP) is 2.93. The van der Waals surface area contributed by atoms with E-state index in [0.717, 1.165) is 57.7 Å². The standard InChI is InChI=1S/C20H30ClN5O2S/c1-3-7-25(8-4-2)18(27)14-29-20-22-16(21)13-17(23-20)24-9-11-26(12-10-24)19(28)15-5-6-15/h13,15H,3-12,14H2,1-2H3. The highest BCUT2D eigenvalue weighted by Crippen LogP contribution is 2.31. The van der Waals surface area contributed by atoms with Gasteiger partial charge in [-0.2, -0.15) is 0 Å². The lowest BCUT2D eigenvalue weighted by Gasteiger charge is -2.35. The largest absolute Gasteiger partial charge is 0.353 e. The first-order valence-corrected chi connectivity index (χ1v) is 11.9. The number of rotatable bonds is 9. The quantitative estimate of drug-likeness (QED) is 0.334. The molecule has 1 saturated heterocycles. The number of amides is 2. The molecule has 7 nitrogen and oxygen atoms in total. The van der Waals surface area contributed by atoms with E-state index >= 15 is 0 Å². The van der Waals surface area contributed by atoms with Crippen LogP contribution in [0.2, 0.25) is 5.15 Å². The third kappa shape index (κ3) is 6.22. The predicted molar refractivity (Wildman–Crippen MR) is 116 cm³/mol. The maximum absolute atomic E-state index is 12.5. The third-order valence-corrected chi connectivity index (χ3v) is 6.19. The van der Waals surface area contributed by atoms with Gasteiger partial charge in [-0.25, -0.2) is 9.97 Å². The molecule has 3 rings (SSSR count). The molecule has 2 heterocycles. The molecule has 0 aromatic carbocycles. The van der Waals surface area contributed by atoms with Gasteiger partial charge in [-0.3, -0.25) is 9.59 Å². The lowest BCUT2D eigenvalue weighted by molar-refractivity contribution is -0.132. The van der Waals surface area contributed by atoms with Gasteiger partial charge < -0.3 is 14.7 Å². The molecule has 9 heteroatoms. The van der Waals surface area contributed by atoms with E-state index in [1.165, 1.54) is 11.8 Å². The molecule has 1 aliphatic heterocycles. The molecule has 1 aromatic heterocycles. The molecule has 0 unspecified atom stereocenters. The Hall–Kier alpha value is -1.54. The van der Waals surface area contributed by atoms with Crippen LogP contribution in [-0.2, 0) is 9.59 Å². The number of aromatic nitrogens is 2. The second-order valence-corrected chi connectivity index (χ2v) is 8.92. The summed E-state index contributed by atoms with van der Waals surface area (Å²) in [6, 6.07) is 1.76. The molecular formula is C20H30ClN5O2S. The molecule has 0 bridgehead atoms. The van der Waals surface area contributed by atoms with Gasteiger partial charge in [-0.15, -0.1) is 0 Å². The molecule has 0 spiro atoms. The number of carbonyl (C=O) groups is 2. The van der Waals surface area contributed by atoms with E-state index in [-0.39, 0.29) is 11.8 Å². The normalized spacial score (nSPS) is 16.8. The fourth-order valence-corrected chi connectivity index (χ4v) is 4.46. The number of carbonyl (C=O) groups excluding carboxylic acids is 2. The van der Waals surface area contributed by atoms with Crippen LogP contribution in [0.5, 0.6) is 0 Å². The molecular weight excluding hydrogens is 410 g/mol. The zero-order valence-corrected chi connectivity index (χ0v) is 18.8. The van der Waals surface area contributed by atoms with Crippen LogP contribution in [0.25, 0.3) is 0 Å². The summed E-state index contributed by atoms with van der Waals surface area (Å²) in [4.78, 5) is 39.6. The second kappa shape index (κ2) is 10.5. The Labute approximate surface area is 182 Å². The Morgan fingerprint density at radius 1 is 1.14 bits per heavy atom. The van der Waals surface area contributed by atoms with Gasteiger partial charge in [0.15, 0.2) is 5.16 Å². The molecule has 0 atom stereocenters. The van der Waals surface area contributed by atoms with Crippen LogP contribution in [0.15, 0.2) is 11.2 Å². The molecule has 29 heavy (non-hydrogen) atoms. The Kier molecular flexibility index (Phi) is 8.00. The van der Waals surface area contributed by atoms with Gasteiger partial charge in [0, 0.05) is 51.3 Å². The van der Waals surface area contributed by atoms with Gasteiger partial charge in [-0.05, 0) is 25.7 Å². The summed E-state index contributed by atoms with van der Waals surface area (Å²) in [5, 5.41) is 0.894. The number of thioether (sulfide) groups is 1. The average molecular weight is 440 g/mol. The summed E-state index contributed by atoms with van der Waals surface area (Å²) >= 11 is 7.55. The van der Waals surface area contributed by atoms with Gasteiger partial charge >= 0.3 is 0 Å². The topological polar surface area (TPSA) is 69.6 Å². The maximum Gasteiger partial charge on any atom is 0.233 e. The summed E-state index contributed by atoms with van der Waals surface area (Å²) < 4.78 is 0. The summed E-state index contributed by atoms with van der Waals surface area (Å²) in [5.74, 6) is 1.73. The summed E-state index contributed by atoms with van der Waals surface area (Å²) in [6.07, 6.45) is 3.97. The van der Waals surface area contributed by atoms with Crippen molar-refractivity contribution in [1.29, 1.82) is 0 Å². The van der Waals surface area contributed by atoms with Crippen molar-refractivity contribution in [3.63, 3.8) is 0 Å². The number of nitrogens with zero attached hydrogens (tertiary/aromatic N) is 5. The van der Waals surface area contributed by atoms with Crippen LogP contribution in [0.1, 0.15) is 39.5 Å². The zero-order valence-electron chi connectivity index (χ0n) is 17.3. The van der Waals surface area contributed by atoms with Crippen molar-refractivity contribution in [2.75, 3.05) is 49.9 Å². The number of hydrogen-bond acceptors (Lipinski definition) is 6. The van der Waals surface area contributed by atoms with E-state index in [0.29, 0.717) is 35.1 Å².